The summed E-state index contributed by atoms with van der Waals surface area (Å²) in [7, 11) is -3.41. The zero-order valence-electron chi connectivity index (χ0n) is 20.1. The van der Waals surface area contributed by atoms with Crippen molar-refractivity contribution in [1.82, 2.24) is 19.6 Å². The molecule has 35 heavy (non-hydrogen) atoms. The van der Waals surface area contributed by atoms with Crippen LogP contribution < -0.4 is 9.62 Å². The highest BCUT2D eigenvalue weighted by Crippen LogP contribution is 2.41. The largest absolute Gasteiger partial charge is 0.370 e. The van der Waals surface area contributed by atoms with Crippen LogP contribution in [0.15, 0.2) is 30.6 Å². The lowest BCUT2D eigenvalue weighted by atomic mass is 9.78. The number of likely N-dealkylation sites (tertiary alicyclic amines) is 2. The highest BCUT2D eigenvalue weighted by molar-refractivity contribution is 7.92. The van der Waals surface area contributed by atoms with Gasteiger partial charge in [0.15, 0.2) is 0 Å². The molecule has 1 amide bonds. The number of nitrogens with zero attached hydrogens (tertiary/aromatic N) is 5. The number of amides is 1. The minimum atomic E-state index is -3.41. The van der Waals surface area contributed by atoms with E-state index in [1.807, 2.05) is 4.90 Å². The molecule has 3 aliphatic heterocycles. The van der Waals surface area contributed by atoms with Gasteiger partial charge in [0, 0.05) is 39.3 Å². The molecule has 9 nitrogen and oxygen atoms in total. The first-order valence-corrected chi connectivity index (χ1v) is 14.5. The highest BCUT2D eigenvalue weighted by atomic mass is 35.5. The average molecular weight is 521 g/mol. The molecule has 3 fully saturated rings. The van der Waals surface area contributed by atoms with Crippen LogP contribution in [0.25, 0.3) is 0 Å². The van der Waals surface area contributed by atoms with Gasteiger partial charge in [-0.15, -0.1) is 0 Å². The quantitative estimate of drug-likeness (QED) is 0.649. The summed E-state index contributed by atoms with van der Waals surface area (Å²) in [5.74, 6) is 0. The van der Waals surface area contributed by atoms with Crippen LogP contribution in [0.5, 0.6) is 0 Å². The topological polar surface area (TPSA) is 90.8 Å². The monoisotopic (exact) mass is 520 g/mol. The summed E-state index contributed by atoms with van der Waals surface area (Å²) in [6.45, 7) is 6.52. The summed E-state index contributed by atoms with van der Waals surface area (Å²) in [6, 6.07) is 6.29. The molecule has 4 heterocycles. The third kappa shape index (κ3) is 5.59. The fourth-order valence-electron chi connectivity index (χ4n) is 5.70. The number of hydrogen-bond acceptors (Lipinski definition) is 6. The van der Waals surface area contributed by atoms with E-state index in [0.29, 0.717) is 13.1 Å². The number of carbonyl (C=O) groups excluding carboxylic acids is 1. The van der Waals surface area contributed by atoms with Gasteiger partial charge in [-0.05, 0) is 61.8 Å². The van der Waals surface area contributed by atoms with Crippen molar-refractivity contribution in [2.45, 2.75) is 38.6 Å². The fourth-order valence-corrected chi connectivity index (χ4v) is 6.56. The van der Waals surface area contributed by atoms with Crippen molar-refractivity contribution in [1.29, 1.82) is 0 Å². The van der Waals surface area contributed by atoms with E-state index in [0.717, 1.165) is 69.0 Å². The van der Waals surface area contributed by atoms with Crippen molar-refractivity contribution < 1.29 is 13.2 Å². The molecule has 190 valence electrons. The van der Waals surface area contributed by atoms with Crippen LogP contribution in [0.4, 0.5) is 16.2 Å². The van der Waals surface area contributed by atoms with E-state index in [9.17, 15) is 13.2 Å². The van der Waals surface area contributed by atoms with Crippen molar-refractivity contribution in [2.24, 2.45) is 5.41 Å². The lowest BCUT2D eigenvalue weighted by Crippen LogP contribution is -2.45. The molecule has 5 rings (SSSR count). The summed E-state index contributed by atoms with van der Waals surface area (Å²) >= 11 is 6.63. The zero-order valence-corrected chi connectivity index (χ0v) is 21.7. The van der Waals surface area contributed by atoms with Crippen LogP contribution in [0, 0.1) is 5.41 Å². The molecule has 2 aromatic rings. The SMILES string of the molecule is CS(=O)(=O)Nc1cnn(C(=O)N2CCC3(CCN(Cc4ccc(N5CCCC5)c(Cl)c4)C3)CC2)c1. The van der Waals surface area contributed by atoms with Crippen LogP contribution in [0.2, 0.25) is 5.02 Å². The molecule has 0 radical (unpaired) electrons. The molecule has 0 aliphatic carbocycles. The second-order valence-electron chi connectivity index (χ2n) is 10.3. The van der Waals surface area contributed by atoms with Gasteiger partial charge < -0.3 is 9.80 Å². The van der Waals surface area contributed by atoms with Gasteiger partial charge in [0.1, 0.15) is 0 Å². The maximum atomic E-state index is 12.9. The molecule has 0 unspecified atom stereocenters. The normalized spacial score (nSPS) is 20.6. The Morgan fingerprint density at radius 3 is 2.51 bits per heavy atom. The summed E-state index contributed by atoms with van der Waals surface area (Å²) in [5, 5.41) is 4.88. The second kappa shape index (κ2) is 9.63. The Morgan fingerprint density at radius 2 is 1.83 bits per heavy atom. The smallest absolute Gasteiger partial charge is 0.344 e. The standard InChI is InChI=1S/C24H33ClN6O3S/c1-35(33,34)27-20-15-26-31(17-20)23(32)30-12-7-24(8-13-30)6-11-28(18-24)16-19-4-5-22(21(25)14-19)29-9-2-3-10-29/h4-5,14-15,17,27H,2-3,6-13,16,18H2,1H3. The van der Waals surface area contributed by atoms with E-state index < -0.39 is 10.0 Å². The van der Waals surface area contributed by atoms with E-state index in [-0.39, 0.29) is 17.1 Å². The van der Waals surface area contributed by atoms with E-state index in [1.165, 1.54) is 35.5 Å². The molecule has 1 aromatic carbocycles. The Balaban J connectivity index is 1.14. The molecule has 1 N–H and O–H groups in total. The molecule has 0 saturated carbocycles. The first-order chi connectivity index (χ1) is 16.7. The number of sulfonamides is 1. The average Bonchev–Trinajstić information content (AvgIpc) is 3.56. The summed E-state index contributed by atoms with van der Waals surface area (Å²) in [5.41, 5.74) is 2.93. The highest BCUT2D eigenvalue weighted by Gasteiger charge is 2.41. The first-order valence-electron chi connectivity index (χ1n) is 12.3. The number of benzene rings is 1. The molecule has 3 saturated heterocycles. The Hall–Kier alpha value is -2.30. The van der Waals surface area contributed by atoms with Gasteiger partial charge in [-0.1, -0.05) is 17.7 Å². The molecule has 3 aliphatic rings. The minimum absolute atomic E-state index is 0.219. The van der Waals surface area contributed by atoms with E-state index in [1.54, 1.807) is 0 Å². The van der Waals surface area contributed by atoms with Gasteiger partial charge in [-0.3, -0.25) is 9.62 Å². The number of halogens is 1. The van der Waals surface area contributed by atoms with Crippen LogP contribution in [-0.4, -0.2) is 79.6 Å². The Morgan fingerprint density at radius 1 is 1.11 bits per heavy atom. The predicted octanol–water partition coefficient (Wildman–Crippen LogP) is 3.46. The molecule has 1 spiro atoms. The molecular weight excluding hydrogens is 488 g/mol. The third-order valence-electron chi connectivity index (χ3n) is 7.56. The van der Waals surface area contributed by atoms with Gasteiger partial charge in [-0.2, -0.15) is 9.78 Å². The van der Waals surface area contributed by atoms with E-state index in [4.69, 9.17) is 11.6 Å². The van der Waals surface area contributed by atoms with Crippen LogP contribution in [0.3, 0.4) is 0 Å². The van der Waals surface area contributed by atoms with Gasteiger partial charge in [-0.25, -0.2) is 13.2 Å². The second-order valence-corrected chi connectivity index (χ2v) is 12.4. The molecule has 11 heteroatoms. The van der Waals surface area contributed by atoms with Gasteiger partial charge in [0.2, 0.25) is 10.0 Å². The summed E-state index contributed by atoms with van der Waals surface area (Å²) in [4.78, 5) is 19.6. The lowest BCUT2D eigenvalue weighted by molar-refractivity contribution is 0.118. The van der Waals surface area contributed by atoms with Gasteiger partial charge in [0.05, 0.1) is 35.0 Å². The number of carbonyl (C=O) groups is 1. The maximum Gasteiger partial charge on any atom is 0.344 e. The number of rotatable bonds is 5. The van der Waals surface area contributed by atoms with Crippen LogP contribution in [-0.2, 0) is 16.6 Å². The molecule has 1 aromatic heterocycles. The maximum absolute atomic E-state index is 12.9. The van der Waals surface area contributed by atoms with E-state index >= 15 is 0 Å². The predicted molar refractivity (Wildman–Crippen MR) is 138 cm³/mol. The van der Waals surface area contributed by atoms with Gasteiger partial charge >= 0.3 is 6.03 Å². The van der Waals surface area contributed by atoms with Gasteiger partial charge in [0.25, 0.3) is 0 Å². The number of nitrogens with one attached hydrogen (secondary N) is 1. The lowest BCUT2D eigenvalue weighted by Gasteiger charge is -2.39. The van der Waals surface area contributed by atoms with Crippen LogP contribution in [0.1, 0.15) is 37.7 Å². The van der Waals surface area contributed by atoms with Crippen molar-refractivity contribution >= 4 is 39.0 Å². The minimum Gasteiger partial charge on any atom is -0.370 e. The number of anilines is 2. The first kappa shape index (κ1) is 24.4. The van der Waals surface area contributed by atoms with Crippen molar-refractivity contribution in [3.8, 4) is 0 Å². The Kier molecular flexibility index (Phi) is 6.71. The molecule has 0 bridgehead atoms. The third-order valence-corrected chi connectivity index (χ3v) is 8.47. The Labute approximate surface area is 212 Å². The zero-order chi connectivity index (χ0) is 24.6. The fraction of sp³-hybridized carbons (Fsp3) is 0.583. The molecule has 0 atom stereocenters. The molecular formula is C24H33ClN6O3S. The summed E-state index contributed by atoms with van der Waals surface area (Å²) in [6.07, 6.45) is 9.37. The van der Waals surface area contributed by atoms with Crippen molar-refractivity contribution in [3.63, 3.8) is 0 Å². The van der Waals surface area contributed by atoms with E-state index in [2.05, 4.69) is 37.8 Å². The van der Waals surface area contributed by atoms with Crippen molar-refractivity contribution in [2.75, 3.05) is 55.1 Å². The van der Waals surface area contributed by atoms with Crippen molar-refractivity contribution in [3.05, 3.63) is 41.2 Å². The Bertz CT molecular complexity index is 1190. The number of aromatic nitrogens is 2. The summed E-state index contributed by atoms with van der Waals surface area (Å²) < 4.78 is 26.4. The van der Waals surface area contributed by atoms with Crippen LogP contribution >= 0.6 is 11.6 Å². The number of hydrogen-bond donors (Lipinski definition) is 1. The number of piperidine rings is 1.